The second-order valence-electron chi connectivity index (χ2n) is 3.24. The summed E-state index contributed by atoms with van der Waals surface area (Å²) in [5.74, 6) is 0.763. The van der Waals surface area contributed by atoms with Crippen molar-refractivity contribution >= 4 is 15.8 Å². The number of nitrogens with two attached hydrogens (primary N) is 1. The first-order valence-electron chi connectivity index (χ1n) is 4.15. The van der Waals surface area contributed by atoms with E-state index in [0.29, 0.717) is 12.5 Å². The lowest BCUT2D eigenvalue weighted by Gasteiger charge is -2.33. The van der Waals surface area contributed by atoms with E-state index in [1.165, 1.54) is 0 Å². The van der Waals surface area contributed by atoms with Gasteiger partial charge in [-0.05, 0) is 6.92 Å². The molecule has 1 atom stereocenters. The Balaban J connectivity index is 2.75. The molecule has 1 saturated heterocycles. The second-order valence-corrected chi connectivity index (χ2v) is 5.47. The lowest BCUT2D eigenvalue weighted by molar-refractivity contribution is 0.348. The Labute approximate surface area is 78.5 Å². The maximum atomic E-state index is 11.2. The van der Waals surface area contributed by atoms with Gasteiger partial charge in [-0.2, -0.15) is 0 Å². The molecule has 5 nitrogen and oxygen atoms in total. The average Bonchev–Trinajstić information content (AvgIpc) is 2.01. The first-order valence-corrected chi connectivity index (χ1v) is 5.98. The summed E-state index contributed by atoms with van der Waals surface area (Å²) in [4.78, 5) is 5.66. The molecule has 0 aromatic heterocycles. The Bertz CT molecular complexity index is 310. The number of guanidine groups is 1. The average molecular weight is 205 g/mol. The van der Waals surface area contributed by atoms with Crippen LogP contribution in [0.5, 0.6) is 0 Å². The Morgan fingerprint density at radius 1 is 1.62 bits per heavy atom. The van der Waals surface area contributed by atoms with Gasteiger partial charge in [-0.3, -0.25) is 4.99 Å². The summed E-state index contributed by atoms with van der Waals surface area (Å²) in [6, 6.07) is -0.0672. The third kappa shape index (κ3) is 2.33. The second kappa shape index (κ2) is 3.53. The highest BCUT2D eigenvalue weighted by Crippen LogP contribution is 2.10. The predicted octanol–water partition coefficient (Wildman–Crippen LogP) is -0.950. The minimum atomic E-state index is -2.86. The molecule has 1 heterocycles. The largest absolute Gasteiger partial charge is 0.370 e. The molecule has 0 saturated carbocycles. The Morgan fingerprint density at radius 3 is 2.69 bits per heavy atom. The van der Waals surface area contributed by atoms with Crippen molar-refractivity contribution in [2.75, 3.05) is 25.1 Å². The Kier molecular flexibility index (Phi) is 2.80. The summed E-state index contributed by atoms with van der Waals surface area (Å²) in [6.45, 7) is 2.29. The van der Waals surface area contributed by atoms with Crippen molar-refractivity contribution in [1.29, 1.82) is 0 Å². The fraction of sp³-hybridized carbons (Fsp3) is 0.857. The van der Waals surface area contributed by atoms with E-state index in [1.807, 2.05) is 11.8 Å². The van der Waals surface area contributed by atoms with Crippen LogP contribution in [0.25, 0.3) is 0 Å². The quantitative estimate of drug-likeness (QED) is 0.408. The van der Waals surface area contributed by atoms with Gasteiger partial charge in [0.05, 0.1) is 11.5 Å². The van der Waals surface area contributed by atoms with E-state index in [0.717, 1.165) is 0 Å². The minimum Gasteiger partial charge on any atom is -0.370 e. The van der Waals surface area contributed by atoms with Gasteiger partial charge in [0.15, 0.2) is 15.8 Å². The Morgan fingerprint density at radius 2 is 2.23 bits per heavy atom. The SMILES string of the molecule is CN=C(N)N1CCS(=O)(=O)CC1C. The molecule has 0 aromatic carbocycles. The molecule has 1 fully saturated rings. The van der Waals surface area contributed by atoms with Gasteiger partial charge < -0.3 is 10.6 Å². The molecular formula is C7H15N3O2S. The highest BCUT2D eigenvalue weighted by Gasteiger charge is 2.28. The van der Waals surface area contributed by atoms with E-state index in [9.17, 15) is 8.42 Å². The molecular weight excluding hydrogens is 190 g/mol. The van der Waals surface area contributed by atoms with Crippen LogP contribution in [0, 0.1) is 0 Å². The van der Waals surface area contributed by atoms with Crippen molar-refractivity contribution in [1.82, 2.24) is 4.90 Å². The number of aliphatic imine (C=N–C) groups is 1. The molecule has 0 radical (unpaired) electrons. The number of hydrogen-bond donors (Lipinski definition) is 1. The smallest absolute Gasteiger partial charge is 0.191 e. The van der Waals surface area contributed by atoms with Crippen LogP contribution < -0.4 is 5.73 Å². The zero-order chi connectivity index (χ0) is 10.1. The molecule has 1 rings (SSSR count). The lowest BCUT2D eigenvalue weighted by atomic mass is 10.3. The first kappa shape index (κ1) is 10.3. The number of nitrogens with zero attached hydrogens (tertiary/aromatic N) is 2. The van der Waals surface area contributed by atoms with Crippen LogP contribution in [-0.4, -0.2) is 50.4 Å². The summed E-state index contributed by atoms with van der Waals surface area (Å²) in [5.41, 5.74) is 5.61. The van der Waals surface area contributed by atoms with E-state index in [-0.39, 0.29) is 17.5 Å². The zero-order valence-electron chi connectivity index (χ0n) is 7.90. The zero-order valence-corrected chi connectivity index (χ0v) is 8.71. The molecule has 0 aromatic rings. The van der Waals surface area contributed by atoms with Crippen molar-refractivity contribution < 1.29 is 8.42 Å². The van der Waals surface area contributed by atoms with Gasteiger partial charge >= 0.3 is 0 Å². The van der Waals surface area contributed by atoms with E-state index in [2.05, 4.69) is 4.99 Å². The van der Waals surface area contributed by atoms with Gasteiger partial charge in [-0.1, -0.05) is 0 Å². The molecule has 0 spiro atoms. The van der Waals surface area contributed by atoms with E-state index >= 15 is 0 Å². The summed E-state index contributed by atoms with van der Waals surface area (Å²) >= 11 is 0. The van der Waals surface area contributed by atoms with Crippen molar-refractivity contribution in [2.45, 2.75) is 13.0 Å². The van der Waals surface area contributed by atoms with E-state index in [1.54, 1.807) is 7.05 Å². The first-order chi connectivity index (χ1) is 5.96. The van der Waals surface area contributed by atoms with Crippen LogP contribution in [0.4, 0.5) is 0 Å². The standard InChI is InChI=1S/C7H15N3O2S/c1-6-5-13(11,12)4-3-10(6)7(8)9-2/h6H,3-5H2,1-2H3,(H2,8,9). The molecule has 76 valence electrons. The van der Waals surface area contributed by atoms with Crippen molar-refractivity contribution in [2.24, 2.45) is 10.7 Å². The van der Waals surface area contributed by atoms with Crippen molar-refractivity contribution in [3.8, 4) is 0 Å². The molecule has 1 aliphatic heterocycles. The maximum Gasteiger partial charge on any atom is 0.191 e. The number of hydrogen-bond acceptors (Lipinski definition) is 3. The molecule has 0 amide bonds. The monoisotopic (exact) mass is 205 g/mol. The number of sulfone groups is 1. The predicted molar refractivity (Wildman–Crippen MR) is 52.4 cm³/mol. The normalized spacial score (nSPS) is 28.9. The summed E-state index contributed by atoms with van der Waals surface area (Å²) in [7, 11) is -1.26. The topological polar surface area (TPSA) is 75.8 Å². The van der Waals surface area contributed by atoms with Crippen LogP contribution in [0.15, 0.2) is 4.99 Å². The third-order valence-corrected chi connectivity index (χ3v) is 3.99. The van der Waals surface area contributed by atoms with E-state index < -0.39 is 9.84 Å². The van der Waals surface area contributed by atoms with Gasteiger partial charge in [0.25, 0.3) is 0 Å². The van der Waals surface area contributed by atoms with Crippen molar-refractivity contribution in [3.05, 3.63) is 0 Å². The molecule has 13 heavy (non-hydrogen) atoms. The third-order valence-electron chi connectivity index (χ3n) is 2.19. The van der Waals surface area contributed by atoms with Gasteiger partial charge in [0.2, 0.25) is 0 Å². The van der Waals surface area contributed by atoms with Gasteiger partial charge in [0, 0.05) is 19.6 Å². The highest BCUT2D eigenvalue weighted by molar-refractivity contribution is 7.91. The molecule has 6 heteroatoms. The maximum absolute atomic E-state index is 11.2. The van der Waals surface area contributed by atoms with Crippen molar-refractivity contribution in [3.63, 3.8) is 0 Å². The van der Waals surface area contributed by atoms with Crippen LogP contribution in [0.2, 0.25) is 0 Å². The lowest BCUT2D eigenvalue weighted by Crippen LogP contribution is -2.52. The highest BCUT2D eigenvalue weighted by atomic mass is 32.2. The minimum absolute atomic E-state index is 0.0672. The summed E-state index contributed by atoms with van der Waals surface area (Å²) < 4.78 is 22.4. The van der Waals surface area contributed by atoms with Crippen LogP contribution in [-0.2, 0) is 9.84 Å². The Hall–Kier alpha value is -0.780. The van der Waals surface area contributed by atoms with Gasteiger partial charge in [-0.25, -0.2) is 8.42 Å². The molecule has 2 N–H and O–H groups in total. The van der Waals surface area contributed by atoms with Gasteiger partial charge in [-0.15, -0.1) is 0 Å². The molecule has 1 aliphatic rings. The fourth-order valence-corrected chi connectivity index (χ4v) is 3.02. The van der Waals surface area contributed by atoms with E-state index in [4.69, 9.17) is 5.73 Å². The molecule has 1 unspecified atom stereocenters. The molecule has 0 aliphatic carbocycles. The summed E-state index contributed by atoms with van der Waals surface area (Å²) in [6.07, 6.45) is 0. The van der Waals surface area contributed by atoms with Crippen LogP contribution >= 0.6 is 0 Å². The van der Waals surface area contributed by atoms with Crippen LogP contribution in [0.3, 0.4) is 0 Å². The van der Waals surface area contributed by atoms with Gasteiger partial charge in [0.1, 0.15) is 0 Å². The van der Waals surface area contributed by atoms with Crippen LogP contribution in [0.1, 0.15) is 6.92 Å². The molecule has 0 bridgehead atoms. The fourth-order valence-electron chi connectivity index (χ4n) is 1.47. The summed E-state index contributed by atoms with van der Waals surface area (Å²) in [5, 5.41) is 0. The number of rotatable bonds is 0.